The van der Waals surface area contributed by atoms with Crippen molar-refractivity contribution in [3.63, 3.8) is 0 Å². The Bertz CT molecular complexity index is 1130. The monoisotopic (exact) mass is 436 g/mol. The van der Waals surface area contributed by atoms with Gasteiger partial charge < -0.3 is 10.5 Å². The topological polar surface area (TPSA) is 93.2 Å². The second-order valence-corrected chi connectivity index (χ2v) is 8.51. The fourth-order valence-corrected chi connectivity index (χ4v) is 4.34. The van der Waals surface area contributed by atoms with E-state index < -0.39 is 26.0 Å². The first-order valence-corrected chi connectivity index (χ1v) is 10.1. The molecular formula is C20H17F3N3O3S+. The number of ether oxygens (including phenoxy) is 1. The number of sulfonamides is 1. The molecule has 0 spiro atoms. The number of nitrogens with zero attached hydrogens (tertiary/aromatic N) is 2. The second-order valence-electron chi connectivity index (χ2n) is 6.44. The Morgan fingerprint density at radius 3 is 2.13 bits per heavy atom. The van der Waals surface area contributed by atoms with E-state index in [4.69, 9.17) is 15.7 Å². The molecule has 156 valence electrons. The van der Waals surface area contributed by atoms with E-state index in [0.717, 1.165) is 6.20 Å². The Morgan fingerprint density at radius 1 is 1.07 bits per heavy atom. The van der Waals surface area contributed by atoms with Gasteiger partial charge in [-0.05, 0) is 42.5 Å². The lowest BCUT2D eigenvalue weighted by Gasteiger charge is -2.34. The molecule has 1 heterocycles. The SMILES string of the molecule is N#Cc1ccc(Oc2ccc([N+]3(S(=O)(=O)C(F)(F)F)C=C(CN)C=CC3)cc2)cc1. The van der Waals surface area contributed by atoms with Crippen LogP contribution in [0, 0.1) is 11.3 Å². The third kappa shape index (κ3) is 3.82. The van der Waals surface area contributed by atoms with E-state index in [0.29, 0.717) is 17.1 Å². The molecule has 1 atom stereocenters. The summed E-state index contributed by atoms with van der Waals surface area (Å²) in [6.45, 7) is -0.537. The van der Waals surface area contributed by atoms with E-state index in [1.165, 1.54) is 36.4 Å². The number of alkyl halides is 3. The van der Waals surface area contributed by atoms with Gasteiger partial charge in [-0.3, -0.25) is 0 Å². The average Bonchev–Trinajstić information content (AvgIpc) is 2.74. The lowest BCUT2D eigenvalue weighted by molar-refractivity contribution is -0.0473. The Hall–Kier alpha value is -3.13. The van der Waals surface area contributed by atoms with Gasteiger partial charge in [-0.15, -0.1) is 3.89 Å². The van der Waals surface area contributed by atoms with E-state index in [9.17, 15) is 21.6 Å². The summed E-state index contributed by atoms with van der Waals surface area (Å²) in [5, 5.41) is 8.82. The molecule has 2 aromatic carbocycles. The van der Waals surface area contributed by atoms with E-state index in [2.05, 4.69) is 0 Å². The van der Waals surface area contributed by atoms with Gasteiger partial charge in [0.2, 0.25) is 0 Å². The van der Waals surface area contributed by atoms with Gasteiger partial charge in [-0.25, -0.2) is 0 Å². The highest BCUT2D eigenvalue weighted by Gasteiger charge is 2.61. The summed E-state index contributed by atoms with van der Waals surface area (Å²) in [5.74, 6) is 0.710. The minimum absolute atomic E-state index is 0.102. The summed E-state index contributed by atoms with van der Waals surface area (Å²) in [6.07, 6.45) is 3.87. The molecular weight excluding hydrogens is 419 g/mol. The number of nitrogens with two attached hydrogens (primary N) is 1. The van der Waals surface area contributed by atoms with Crippen molar-refractivity contribution in [1.29, 1.82) is 5.26 Å². The van der Waals surface area contributed by atoms with E-state index in [1.807, 2.05) is 6.07 Å². The van der Waals surface area contributed by atoms with Crippen molar-refractivity contribution in [2.75, 3.05) is 13.1 Å². The normalized spacial score (nSPS) is 19.1. The standard InChI is InChI=1S/C20H17F3N3O3S/c21-20(22,23)30(27,28)26(11-1-2-16(13-25)14-26)17-5-9-19(10-6-17)29-18-7-3-15(12-24)4-8-18/h1-10,14H,11,13,25H2/q+1. The molecule has 6 nitrogen and oxygen atoms in total. The van der Waals surface area contributed by atoms with Crippen molar-refractivity contribution >= 4 is 15.7 Å². The minimum atomic E-state index is -5.65. The molecule has 0 fully saturated rings. The van der Waals surface area contributed by atoms with Crippen molar-refractivity contribution in [3.05, 3.63) is 78.0 Å². The number of nitriles is 1. The summed E-state index contributed by atoms with van der Waals surface area (Å²) < 4.78 is 69.6. The van der Waals surface area contributed by atoms with Gasteiger partial charge in [-0.2, -0.15) is 26.9 Å². The van der Waals surface area contributed by atoms with Gasteiger partial charge in [0.15, 0.2) is 5.69 Å². The fraction of sp³-hybridized carbons (Fsp3) is 0.150. The first-order chi connectivity index (χ1) is 14.1. The van der Waals surface area contributed by atoms with Crippen molar-refractivity contribution in [2.24, 2.45) is 5.73 Å². The first-order valence-electron chi connectivity index (χ1n) is 8.69. The average molecular weight is 436 g/mol. The Morgan fingerprint density at radius 2 is 1.63 bits per heavy atom. The Kier molecular flexibility index (Phi) is 5.72. The van der Waals surface area contributed by atoms with Gasteiger partial charge in [0, 0.05) is 24.3 Å². The van der Waals surface area contributed by atoms with Crippen LogP contribution in [0.4, 0.5) is 18.9 Å². The lowest BCUT2D eigenvalue weighted by Crippen LogP contribution is -2.56. The Balaban J connectivity index is 2.00. The van der Waals surface area contributed by atoms with Gasteiger partial charge in [0.25, 0.3) is 0 Å². The number of rotatable bonds is 5. The van der Waals surface area contributed by atoms with Crippen LogP contribution >= 0.6 is 0 Å². The molecule has 10 heteroatoms. The molecule has 0 saturated carbocycles. The van der Waals surface area contributed by atoms with Gasteiger partial charge in [0.05, 0.1) is 11.6 Å². The van der Waals surface area contributed by atoms with Crippen molar-refractivity contribution in [1.82, 2.24) is 3.89 Å². The quantitative estimate of drug-likeness (QED) is 0.717. The molecule has 0 amide bonds. The Labute approximate surface area is 171 Å². The molecule has 3 rings (SSSR count). The van der Waals surface area contributed by atoms with Crippen LogP contribution in [-0.4, -0.2) is 27.0 Å². The van der Waals surface area contributed by atoms with E-state index >= 15 is 0 Å². The molecule has 2 N–H and O–H groups in total. The molecule has 0 bridgehead atoms. The molecule has 1 unspecified atom stereocenters. The molecule has 0 aliphatic carbocycles. The highest BCUT2D eigenvalue weighted by atomic mass is 32.2. The third-order valence-electron chi connectivity index (χ3n) is 4.53. The summed E-state index contributed by atoms with van der Waals surface area (Å²) in [4.78, 5) is 0. The summed E-state index contributed by atoms with van der Waals surface area (Å²) >= 11 is 0. The van der Waals surface area contributed by atoms with Crippen molar-refractivity contribution in [3.8, 4) is 17.6 Å². The lowest BCUT2D eigenvalue weighted by atomic mass is 10.2. The summed E-state index contributed by atoms with van der Waals surface area (Å²) in [6, 6.07) is 13.5. The maximum absolute atomic E-state index is 13.5. The largest absolute Gasteiger partial charge is 0.550 e. The highest BCUT2D eigenvalue weighted by molar-refractivity contribution is 7.91. The molecule has 1 aliphatic heterocycles. The molecule has 0 radical (unpaired) electrons. The van der Waals surface area contributed by atoms with Crippen LogP contribution < -0.4 is 14.4 Å². The molecule has 2 aromatic rings. The van der Waals surface area contributed by atoms with Crippen LogP contribution in [0.5, 0.6) is 11.5 Å². The number of quaternary nitrogens is 1. The maximum Gasteiger partial charge on any atom is 0.550 e. The van der Waals surface area contributed by atoms with Crippen LogP contribution in [0.1, 0.15) is 5.56 Å². The van der Waals surface area contributed by atoms with Gasteiger partial charge in [-0.1, -0.05) is 6.08 Å². The van der Waals surface area contributed by atoms with Gasteiger partial charge >= 0.3 is 15.5 Å². The predicted octanol–water partition coefficient (Wildman–Crippen LogP) is 3.92. The molecule has 1 aliphatic rings. The zero-order valence-electron chi connectivity index (χ0n) is 15.5. The molecule has 0 saturated heterocycles. The third-order valence-corrected chi connectivity index (χ3v) is 6.44. The van der Waals surface area contributed by atoms with Crippen LogP contribution in [0.15, 0.2) is 72.5 Å². The maximum atomic E-state index is 13.5. The predicted molar refractivity (Wildman–Crippen MR) is 106 cm³/mol. The van der Waals surface area contributed by atoms with E-state index in [1.54, 1.807) is 24.3 Å². The number of benzene rings is 2. The second kappa shape index (κ2) is 7.95. The minimum Gasteiger partial charge on any atom is -0.457 e. The smallest absolute Gasteiger partial charge is 0.457 e. The molecule has 30 heavy (non-hydrogen) atoms. The zero-order valence-corrected chi connectivity index (χ0v) is 16.3. The fourth-order valence-electron chi connectivity index (χ4n) is 3.02. The molecule has 0 aromatic heterocycles. The zero-order chi connectivity index (χ0) is 22.0. The number of hydrogen-bond donors (Lipinski definition) is 1. The van der Waals surface area contributed by atoms with Crippen molar-refractivity contribution < 1.29 is 26.3 Å². The number of hydrogen-bond acceptors (Lipinski definition) is 5. The first kappa shape index (κ1) is 21.6. The highest BCUT2D eigenvalue weighted by Crippen LogP contribution is 2.40. The summed E-state index contributed by atoms with van der Waals surface area (Å²) in [5.41, 5.74) is 0.688. The van der Waals surface area contributed by atoms with Crippen LogP contribution in [-0.2, 0) is 10.0 Å². The summed E-state index contributed by atoms with van der Waals surface area (Å²) in [7, 11) is -5.65. The van der Waals surface area contributed by atoms with Crippen LogP contribution in [0.3, 0.4) is 0 Å². The van der Waals surface area contributed by atoms with Crippen LogP contribution in [0.25, 0.3) is 0 Å². The number of halogens is 3. The van der Waals surface area contributed by atoms with Crippen LogP contribution in [0.2, 0.25) is 0 Å². The van der Waals surface area contributed by atoms with Crippen molar-refractivity contribution in [2.45, 2.75) is 5.51 Å². The van der Waals surface area contributed by atoms with Gasteiger partial charge in [0.1, 0.15) is 24.2 Å². The van der Waals surface area contributed by atoms with E-state index in [-0.39, 0.29) is 17.8 Å².